The lowest BCUT2D eigenvalue weighted by Gasteiger charge is -2.24. The first kappa shape index (κ1) is 23.9. The summed E-state index contributed by atoms with van der Waals surface area (Å²) in [7, 11) is 0. The average molecular weight is 517 g/mol. The molecule has 0 fully saturated rings. The number of alkyl halides is 2. The predicted molar refractivity (Wildman–Crippen MR) is 129 cm³/mol. The minimum atomic E-state index is -3.99. The molecular weight excluding hydrogens is 494 g/mol. The molecule has 0 bridgehead atoms. The molecule has 1 aromatic carbocycles. The number of hydrogen-bond donors (Lipinski definition) is 3. The molecule has 0 unspecified atom stereocenters. The van der Waals surface area contributed by atoms with Crippen molar-refractivity contribution in [3.05, 3.63) is 41.5 Å². The Morgan fingerprint density at radius 2 is 2.17 bits per heavy atom. The van der Waals surface area contributed by atoms with Gasteiger partial charge < -0.3 is 19.4 Å². The Hall–Kier alpha value is -3.84. The van der Waals surface area contributed by atoms with E-state index in [0.717, 1.165) is 10.4 Å². The van der Waals surface area contributed by atoms with E-state index in [1.54, 1.807) is 23.0 Å². The van der Waals surface area contributed by atoms with Crippen molar-refractivity contribution in [2.75, 3.05) is 17.2 Å². The summed E-state index contributed by atoms with van der Waals surface area (Å²) in [5.74, 6) is -1.88. The molecule has 5 rings (SSSR count). The van der Waals surface area contributed by atoms with Crippen LogP contribution >= 0.6 is 11.3 Å². The fourth-order valence-electron chi connectivity index (χ4n) is 3.74. The van der Waals surface area contributed by atoms with Crippen LogP contribution in [-0.2, 0) is 16.1 Å². The number of rotatable bonds is 8. The number of nitrogens with one attached hydrogen (secondary N) is 3. The van der Waals surface area contributed by atoms with E-state index in [1.807, 2.05) is 19.9 Å². The molecule has 2 amide bonds. The first-order valence-electron chi connectivity index (χ1n) is 11.2. The van der Waals surface area contributed by atoms with Crippen LogP contribution in [-0.4, -0.2) is 50.4 Å². The minimum absolute atomic E-state index is 0.0539. The maximum absolute atomic E-state index is 13.8. The zero-order chi connectivity index (χ0) is 25.4. The largest absolute Gasteiger partial charge is 0.482 e. The number of carbonyl (C=O) groups is 2. The van der Waals surface area contributed by atoms with Crippen LogP contribution in [0, 0.1) is 0 Å². The van der Waals surface area contributed by atoms with Crippen LogP contribution in [0.2, 0.25) is 0 Å². The normalized spacial score (nSPS) is 14.5. The average Bonchev–Trinajstić information content (AvgIpc) is 3.56. The summed E-state index contributed by atoms with van der Waals surface area (Å²) in [6, 6.07) is 6.35. The molecule has 3 N–H and O–H groups in total. The number of amides is 2. The number of anilines is 2. The van der Waals surface area contributed by atoms with Crippen LogP contribution in [0.3, 0.4) is 0 Å². The van der Waals surface area contributed by atoms with Crippen molar-refractivity contribution in [3.63, 3.8) is 0 Å². The molecule has 1 aliphatic heterocycles. The Morgan fingerprint density at radius 3 is 2.92 bits per heavy atom. The lowest BCUT2D eigenvalue weighted by Crippen LogP contribution is -2.43. The van der Waals surface area contributed by atoms with E-state index in [1.165, 1.54) is 23.5 Å². The molecular formula is C23H22F2N6O4S. The number of benzene rings is 1. The fraction of sp³-hybridized carbons (Fsp3) is 0.304. The highest BCUT2D eigenvalue weighted by atomic mass is 32.1. The Balaban J connectivity index is 1.46. The second-order valence-corrected chi connectivity index (χ2v) is 9.46. The number of aromatic amines is 1. The quantitative estimate of drug-likeness (QED) is 0.297. The van der Waals surface area contributed by atoms with Gasteiger partial charge in [0.2, 0.25) is 5.95 Å². The number of thiophene rings is 1. The van der Waals surface area contributed by atoms with E-state index in [0.29, 0.717) is 35.5 Å². The molecule has 188 valence electrons. The third-order valence-corrected chi connectivity index (χ3v) is 6.55. The predicted octanol–water partition coefficient (Wildman–Crippen LogP) is 4.48. The smallest absolute Gasteiger partial charge is 0.423 e. The van der Waals surface area contributed by atoms with E-state index >= 15 is 0 Å². The maximum Gasteiger partial charge on any atom is 0.482 e. The SMILES string of the molecule is CC(C)OCCCn1c(NC(=O)c2ccc(-c3cn[nH]c3)s2)nc2cc3c(cc21)OC(F)(F)C(=O)N3. The molecule has 10 nitrogen and oxygen atoms in total. The Labute approximate surface area is 207 Å². The standard InChI is InChI=1S/C23H22F2N6O4S/c1-12(2)34-7-3-6-31-16-9-17-15(28-21(33)23(24,25)35-17)8-14(16)29-22(31)30-20(32)19-5-4-18(36-19)13-10-26-27-11-13/h4-5,8-12H,3,6-7H2,1-2H3,(H,26,27)(H,28,33)(H,29,30,32). The summed E-state index contributed by atoms with van der Waals surface area (Å²) in [5, 5.41) is 11.6. The number of aromatic nitrogens is 4. The number of carbonyl (C=O) groups excluding carboxylic acids is 2. The summed E-state index contributed by atoms with van der Waals surface area (Å²) >= 11 is 1.30. The lowest BCUT2D eigenvalue weighted by molar-refractivity contribution is -0.189. The van der Waals surface area contributed by atoms with Crippen molar-refractivity contribution in [2.24, 2.45) is 0 Å². The van der Waals surface area contributed by atoms with Gasteiger partial charge in [0.05, 0.1) is 33.9 Å². The first-order chi connectivity index (χ1) is 17.2. The summed E-state index contributed by atoms with van der Waals surface area (Å²) in [6.45, 7) is 4.70. The third kappa shape index (κ3) is 4.66. The molecule has 0 spiro atoms. The minimum Gasteiger partial charge on any atom is -0.423 e. The summed E-state index contributed by atoms with van der Waals surface area (Å²) < 4.78 is 39.6. The Morgan fingerprint density at radius 1 is 1.33 bits per heavy atom. The van der Waals surface area contributed by atoms with E-state index in [4.69, 9.17) is 4.74 Å². The molecule has 0 saturated heterocycles. The van der Waals surface area contributed by atoms with Gasteiger partial charge in [-0.2, -0.15) is 13.9 Å². The lowest BCUT2D eigenvalue weighted by atomic mass is 10.2. The number of aryl methyl sites for hydroxylation is 1. The van der Waals surface area contributed by atoms with Crippen molar-refractivity contribution in [2.45, 2.75) is 39.0 Å². The van der Waals surface area contributed by atoms with Gasteiger partial charge in [-0.3, -0.25) is 20.0 Å². The number of nitrogens with zero attached hydrogens (tertiary/aromatic N) is 3. The van der Waals surface area contributed by atoms with Gasteiger partial charge in [-0.1, -0.05) is 0 Å². The molecule has 13 heteroatoms. The van der Waals surface area contributed by atoms with Gasteiger partial charge in [-0.15, -0.1) is 11.3 Å². The van der Waals surface area contributed by atoms with Crippen LogP contribution in [0.4, 0.5) is 20.4 Å². The molecule has 36 heavy (non-hydrogen) atoms. The zero-order valence-electron chi connectivity index (χ0n) is 19.3. The molecule has 0 saturated carbocycles. The summed E-state index contributed by atoms with van der Waals surface area (Å²) in [5.41, 5.74) is 1.80. The van der Waals surface area contributed by atoms with Crippen molar-refractivity contribution >= 4 is 45.8 Å². The molecule has 0 atom stereocenters. The van der Waals surface area contributed by atoms with Gasteiger partial charge in [0, 0.05) is 35.9 Å². The van der Waals surface area contributed by atoms with Crippen molar-refractivity contribution in [1.82, 2.24) is 19.7 Å². The van der Waals surface area contributed by atoms with Crippen LogP contribution in [0.25, 0.3) is 21.5 Å². The Bertz CT molecular complexity index is 1430. The van der Waals surface area contributed by atoms with E-state index in [2.05, 4.69) is 30.6 Å². The van der Waals surface area contributed by atoms with Crippen LogP contribution in [0.5, 0.6) is 5.75 Å². The third-order valence-electron chi connectivity index (χ3n) is 5.42. The molecule has 1 aliphatic rings. The number of halogens is 2. The van der Waals surface area contributed by atoms with Crippen molar-refractivity contribution in [3.8, 4) is 16.2 Å². The van der Waals surface area contributed by atoms with Gasteiger partial charge in [0.15, 0.2) is 5.75 Å². The second-order valence-electron chi connectivity index (χ2n) is 8.38. The number of hydrogen-bond acceptors (Lipinski definition) is 7. The van der Waals surface area contributed by atoms with E-state index < -0.39 is 12.0 Å². The van der Waals surface area contributed by atoms with E-state index in [9.17, 15) is 18.4 Å². The maximum atomic E-state index is 13.8. The number of ether oxygens (including phenoxy) is 2. The number of H-pyrrole nitrogens is 1. The van der Waals surface area contributed by atoms with Gasteiger partial charge in [-0.25, -0.2) is 4.98 Å². The van der Waals surface area contributed by atoms with Crippen molar-refractivity contribution in [1.29, 1.82) is 0 Å². The molecule has 3 aromatic heterocycles. The van der Waals surface area contributed by atoms with Crippen LogP contribution < -0.4 is 15.4 Å². The summed E-state index contributed by atoms with van der Waals surface area (Å²) in [6.07, 6.45) is 0.0511. The first-order valence-corrected chi connectivity index (χ1v) is 12.0. The highest BCUT2D eigenvalue weighted by Crippen LogP contribution is 2.39. The van der Waals surface area contributed by atoms with E-state index in [-0.39, 0.29) is 29.4 Å². The molecule has 0 radical (unpaired) electrons. The highest BCUT2D eigenvalue weighted by molar-refractivity contribution is 7.17. The monoisotopic (exact) mass is 516 g/mol. The van der Waals surface area contributed by atoms with Gasteiger partial charge >= 0.3 is 12.0 Å². The molecule has 4 aromatic rings. The van der Waals surface area contributed by atoms with Gasteiger partial charge in [0.25, 0.3) is 5.91 Å². The van der Waals surface area contributed by atoms with Gasteiger partial charge in [-0.05, 0) is 38.5 Å². The Kier molecular flexibility index (Phi) is 6.18. The van der Waals surface area contributed by atoms with Gasteiger partial charge in [0.1, 0.15) is 0 Å². The molecule has 4 heterocycles. The fourth-order valence-corrected chi connectivity index (χ4v) is 4.62. The molecule has 0 aliphatic carbocycles. The number of fused-ring (bicyclic) bond motifs is 2. The zero-order valence-corrected chi connectivity index (χ0v) is 20.1. The second kappa shape index (κ2) is 9.32. The highest BCUT2D eigenvalue weighted by Gasteiger charge is 2.46. The van der Waals surface area contributed by atoms with Crippen LogP contribution in [0.15, 0.2) is 36.7 Å². The van der Waals surface area contributed by atoms with Crippen LogP contribution in [0.1, 0.15) is 29.9 Å². The topological polar surface area (TPSA) is 123 Å². The summed E-state index contributed by atoms with van der Waals surface area (Å²) in [4.78, 5) is 30.5. The number of imidazole rings is 1. The van der Waals surface area contributed by atoms with Crippen molar-refractivity contribution < 1.29 is 27.8 Å².